The zero-order valence-corrected chi connectivity index (χ0v) is 6.90. The number of aryl methyl sites for hydroxylation is 1. The highest BCUT2D eigenvalue weighted by molar-refractivity contribution is 5.16. The Bertz CT molecular complexity index is 271. The SMILES string of the molecule is N#CCCCCn1ccnc1N. The molecule has 4 heteroatoms. The number of nitriles is 1. The van der Waals surface area contributed by atoms with Crippen molar-refractivity contribution in [2.24, 2.45) is 0 Å². The minimum atomic E-state index is 0.548. The van der Waals surface area contributed by atoms with Crippen LogP contribution in [0.15, 0.2) is 12.4 Å². The molecule has 2 N–H and O–H groups in total. The molecule has 0 spiro atoms. The second kappa shape index (κ2) is 4.39. The first-order valence-corrected chi connectivity index (χ1v) is 3.98. The lowest BCUT2D eigenvalue weighted by molar-refractivity contribution is 0.622. The maximum absolute atomic E-state index is 8.28. The molecule has 4 nitrogen and oxygen atoms in total. The fraction of sp³-hybridized carbons (Fsp3) is 0.500. The van der Waals surface area contributed by atoms with Crippen LogP contribution in [0.3, 0.4) is 0 Å². The Kier molecular flexibility index (Phi) is 3.15. The quantitative estimate of drug-likeness (QED) is 0.679. The fourth-order valence-electron chi connectivity index (χ4n) is 1.02. The van der Waals surface area contributed by atoms with E-state index in [1.807, 2.05) is 10.8 Å². The van der Waals surface area contributed by atoms with Crippen molar-refractivity contribution in [3.63, 3.8) is 0 Å². The predicted octanol–water partition coefficient (Wildman–Crippen LogP) is 1.16. The average molecular weight is 164 g/mol. The summed E-state index contributed by atoms with van der Waals surface area (Å²) in [5.41, 5.74) is 5.54. The molecule has 0 amide bonds. The predicted molar refractivity (Wildman–Crippen MR) is 46.1 cm³/mol. The van der Waals surface area contributed by atoms with Gasteiger partial charge >= 0.3 is 0 Å². The number of nitrogens with zero attached hydrogens (tertiary/aromatic N) is 3. The Morgan fingerprint density at radius 3 is 3.00 bits per heavy atom. The number of unbranched alkanes of at least 4 members (excludes halogenated alkanes) is 2. The molecule has 1 heterocycles. The second-order valence-corrected chi connectivity index (χ2v) is 2.59. The Morgan fingerprint density at radius 1 is 1.58 bits per heavy atom. The fourth-order valence-corrected chi connectivity index (χ4v) is 1.02. The maximum Gasteiger partial charge on any atom is 0.200 e. The highest BCUT2D eigenvalue weighted by Crippen LogP contribution is 2.02. The molecule has 0 aromatic carbocycles. The third-order valence-corrected chi connectivity index (χ3v) is 1.69. The third-order valence-electron chi connectivity index (χ3n) is 1.69. The Balaban J connectivity index is 2.25. The van der Waals surface area contributed by atoms with Crippen LogP contribution < -0.4 is 5.73 Å². The molecule has 0 fully saturated rings. The molecule has 64 valence electrons. The molecule has 0 atom stereocenters. The lowest BCUT2D eigenvalue weighted by Gasteiger charge is -2.01. The summed E-state index contributed by atoms with van der Waals surface area (Å²) in [7, 11) is 0. The standard InChI is InChI=1S/C8H12N4/c9-4-2-1-3-6-12-7-5-11-8(12)10/h5,7H,1-3,6H2,(H2,10,11). The van der Waals surface area contributed by atoms with E-state index in [1.54, 1.807) is 6.20 Å². The Morgan fingerprint density at radius 2 is 2.42 bits per heavy atom. The highest BCUT2D eigenvalue weighted by Gasteiger charge is 1.95. The van der Waals surface area contributed by atoms with Crippen LogP contribution in [0.5, 0.6) is 0 Å². The van der Waals surface area contributed by atoms with E-state index in [0.717, 1.165) is 19.4 Å². The summed E-state index contributed by atoms with van der Waals surface area (Å²) in [5.74, 6) is 0.548. The first-order chi connectivity index (χ1) is 5.84. The molecule has 0 unspecified atom stereocenters. The van der Waals surface area contributed by atoms with E-state index in [9.17, 15) is 0 Å². The summed E-state index contributed by atoms with van der Waals surface area (Å²) in [6, 6.07) is 2.11. The van der Waals surface area contributed by atoms with Crippen LogP contribution in [0.4, 0.5) is 5.95 Å². The number of imidazole rings is 1. The lowest BCUT2D eigenvalue weighted by Crippen LogP contribution is -2.02. The molecule has 0 radical (unpaired) electrons. The highest BCUT2D eigenvalue weighted by atomic mass is 15.1. The molecule has 0 saturated heterocycles. The molecular formula is C8H12N4. The first kappa shape index (κ1) is 8.60. The largest absolute Gasteiger partial charge is 0.369 e. The van der Waals surface area contributed by atoms with Crippen molar-refractivity contribution in [2.75, 3.05) is 5.73 Å². The Hall–Kier alpha value is -1.50. The zero-order valence-electron chi connectivity index (χ0n) is 6.90. The third kappa shape index (κ3) is 2.27. The van der Waals surface area contributed by atoms with E-state index in [0.29, 0.717) is 12.4 Å². The van der Waals surface area contributed by atoms with E-state index >= 15 is 0 Å². The van der Waals surface area contributed by atoms with Crippen LogP contribution in [0.25, 0.3) is 0 Å². The van der Waals surface area contributed by atoms with Crippen molar-refractivity contribution in [3.8, 4) is 6.07 Å². The number of hydrogen-bond acceptors (Lipinski definition) is 3. The van der Waals surface area contributed by atoms with Gasteiger partial charge in [0.1, 0.15) is 0 Å². The van der Waals surface area contributed by atoms with E-state index in [2.05, 4.69) is 11.1 Å². The van der Waals surface area contributed by atoms with Gasteiger partial charge in [0.15, 0.2) is 5.95 Å². The van der Waals surface area contributed by atoms with Crippen molar-refractivity contribution in [2.45, 2.75) is 25.8 Å². The van der Waals surface area contributed by atoms with Gasteiger partial charge in [-0.15, -0.1) is 0 Å². The molecule has 0 bridgehead atoms. The molecule has 0 aliphatic rings. The van der Waals surface area contributed by atoms with Crippen LogP contribution in [0, 0.1) is 11.3 Å². The summed E-state index contributed by atoms with van der Waals surface area (Å²) < 4.78 is 1.89. The van der Waals surface area contributed by atoms with Crippen LogP contribution in [0.1, 0.15) is 19.3 Å². The summed E-state index contributed by atoms with van der Waals surface area (Å²) in [4.78, 5) is 3.89. The van der Waals surface area contributed by atoms with Gasteiger partial charge in [0, 0.05) is 25.4 Å². The molecule has 0 aliphatic carbocycles. The van der Waals surface area contributed by atoms with Crippen LogP contribution in [-0.4, -0.2) is 9.55 Å². The normalized spacial score (nSPS) is 9.58. The smallest absolute Gasteiger partial charge is 0.200 e. The number of aromatic nitrogens is 2. The van der Waals surface area contributed by atoms with Gasteiger partial charge in [-0.3, -0.25) is 0 Å². The molecule has 1 aromatic rings. The average Bonchev–Trinajstić information content (AvgIpc) is 2.46. The summed E-state index contributed by atoms with van der Waals surface area (Å²) in [5, 5.41) is 8.28. The van der Waals surface area contributed by atoms with Crippen LogP contribution in [0.2, 0.25) is 0 Å². The van der Waals surface area contributed by atoms with Crippen molar-refractivity contribution >= 4 is 5.95 Å². The maximum atomic E-state index is 8.28. The number of nitrogen functional groups attached to an aromatic ring is 1. The monoisotopic (exact) mass is 164 g/mol. The minimum absolute atomic E-state index is 0.548. The molecule has 0 saturated carbocycles. The van der Waals surface area contributed by atoms with Gasteiger partial charge in [-0.05, 0) is 12.8 Å². The molecular weight excluding hydrogens is 152 g/mol. The van der Waals surface area contributed by atoms with E-state index in [1.165, 1.54) is 0 Å². The topological polar surface area (TPSA) is 67.6 Å². The van der Waals surface area contributed by atoms with Gasteiger partial charge in [0.05, 0.1) is 6.07 Å². The van der Waals surface area contributed by atoms with E-state index in [-0.39, 0.29) is 0 Å². The van der Waals surface area contributed by atoms with Crippen molar-refractivity contribution in [1.29, 1.82) is 5.26 Å². The van der Waals surface area contributed by atoms with Crippen molar-refractivity contribution in [1.82, 2.24) is 9.55 Å². The molecule has 12 heavy (non-hydrogen) atoms. The first-order valence-electron chi connectivity index (χ1n) is 3.98. The molecule has 0 aliphatic heterocycles. The molecule has 1 rings (SSSR count). The summed E-state index contributed by atoms with van der Waals surface area (Å²) >= 11 is 0. The number of hydrogen-bond donors (Lipinski definition) is 1. The van der Waals surface area contributed by atoms with Gasteiger partial charge in [-0.1, -0.05) is 0 Å². The van der Waals surface area contributed by atoms with Gasteiger partial charge in [-0.25, -0.2) is 4.98 Å². The van der Waals surface area contributed by atoms with Crippen molar-refractivity contribution < 1.29 is 0 Å². The number of anilines is 1. The zero-order chi connectivity index (χ0) is 8.81. The number of rotatable bonds is 4. The molecule has 1 aromatic heterocycles. The van der Waals surface area contributed by atoms with Crippen LogP contribution >= 0.6 is 0 Å². The van der Waals surface area contributed by atoms with E-state index < -0.39 is 0 Å². The lowest BCUT2D eigenvalue weighted by atomic mass is 10.2. The van der Waals surface area contributed by atoms with Gasteiger partial charge in [-0.2, -0.15) is 5.26 Å². The van der Waals surface area contributed by atoms with E-state index in [4.69, 9.17) is 11.0 Å². The van der Waals surface area contributed by atoms with Gasteiger partial charge < -0.3 is 10.3 Å². The van der Waals surface area contributed by atoms with Crippen molar-refractivity contribution in [3.05, 3.63) is 12.4 Å². The summed E-state index contributed by atoms with van der Waals surface area (Å²) in [6.45, 7) is 0.855. The van der Waals surface area contributed by atoms with Gasteiger partial charge in [0.2, 0.25) is 0 Å². The number of nitrogens with two attached hydrogens (primary N) is 1. The minimum Gasteiger partial charge on any atom is -0.369 e. The second-order valence-electron chi connectivity index (χ2n) is 2.59. The van der Waals surface area contributed by atoms with Gasteiger partial charge in [0.25, 0.3) is 0 Å². The van der Waals surface area contributed by atoms with Crippen LogP contribution in [-0.2, 0) is 6.54 Å². The Labute approximate surface area is 71.6 Å². The summed E-state index contributed by atoms with van der Waals surface area (Å²) in [6.07, 6.45) is 6.05.